The molecule has 160 valence electrons. The monoisotopic (exact) mass is 414 g/mol. The molecule has 3 heterocycles. The Bertz CT molecular complexity index is 1110. The van der Waals surface area contributed by atoms with E-state index in [0.29, 0.717) is 5.56 Å². The fourth-order valence-corrected chi connectivity index (χ4v) is 4.92. The van der Waals surface area contributed by atoms with Gasteiger partial charge in [-0.05, 0) is 93.6 Å². The minimum Gasteiger partial charge on any atom is -0.493 e. The number of aryl methyl sites for hydroxylation is 1. The predicted molar refractivity (Wildman–Crippen MR) is 125 cm³/mol. The van der Waals surface area contributed by atoms with Crippen molar-refractivity contribution >= 4 is 22.6 Å². The first-order chi connectivity index (χ1) is 15.2. The lowest BCUT2D eigenvalue weighted by Crippen LogP contribution is -2.14. The van der Waals surface area contributed by atoms with Gasteiger partial charge < -0.3 is 9.64 Å². The van der Waals surface area contributed by atoms with Crippen molar-refractivity contribution in [2.75, 3.05) is 26.7 Å². The van der Waals surface area contributed by atoms with E-state index in [4.69, 9.17) is 4.74 Å². The number of nitrogens with zero attached hydrogens (tertiary/aromatic N) is 2. The Morgan fingerprint density at radius 1 is 1.16 bits per heavy atom. The summed E-state index contributed by atoms with van der Waals surface area (Å²) < 4.78 is 7.75. The quantitative estimate of drug-likeness (QED) is 0.563. The molecule has 1 aromatic heterocycles. The minimum absolute atomic E-state index is 0.0262. The maximum Gasteiger partial charge on any atom is 0.262 e. The van der Waals surface area contributed by atoms with Gasteiger partial charge in [0.25, 0.3) is 5.91 Å². The highest BCUT2D eigenvalue weighted by Gasteiger charge is 2.21. The summed E-state index contributed by atoms with van der Waals surface area (Å²) in [7, 11) is 2.20. The van der Waals surface area contributed by atoms with Crippen molar-refractivity contribution in [1.29, 1.82) is 0 Å². The second-order valence-electron chi connectivity index (χ2n) is 8.94. The van der Waals surface area contributed by atoms with Crippen LogP contribution >= 0.6 is 0 Å². The number of ether oxygens (including phenoxy) is 1. The number of hydrogen-bond acceptors (Lipinski definition) is 3. The first-order valence-electron chi connectivity index (χ1n) is 11.4. The maximum atomic E-state index is 13.3. The van der Waals surface area contributed by atoms with Crippen LogP contribution in [0.2, 0.25) is 0 Å². The highest BCUT2D eigenvalue weighted by Crippen LogP contribution is 2.31. The molecule has 1 fully saturated rings. The Morgan fingerprint density at radius 3 is 2.77 bits per heavy atom. The number of allylic oxidation sites excluding steroid dienone is 1. The highest BCUT2D eigenvalue weighted by atomic mass is 16.5. The van der Waals surface area contributed by atoms with Crippen molar-refractivity contribution in [3.63, 3.8) is 0 Å². The molecule has 0 N–H and O–H groups in total. The van der Waals surface area contributed by atoms with Gasteiger partial charge in [-0.1, -0.05) is 18.2 Å². The summed E-state index contributed by atoms with van der Waals surface area (Å²) in [5, 5.41) is 1.17. The molecule has 0 spiro atoms. The summed E-state index contributed by atoms with van der Waals surface area (Å²) in [6.45, 7) is 3.14. The van der Waals surface area contributed by atoms with Crippen molar-refractivity contribution in [3.8, 4) is 0 Å². The zero-order valence-corrected chi connectivity index (χ0v) is 18.2. The molecule has 0 amide bonds. The van der Waals surface area contributed by atoms with Gasteiger partial charge in [-0.3, -0.25) is 9.36 Å². The van der Waals surface area contributed by atoms with Gasteiger partial charge in [0.05, 0.1) is 12.1 Å². The molecule has 2 aliphatic rings. The lowest BCUT2D eigenvalue weighted by Gasteiger charge is -2.15. The summed E-state index contributed by atoms with van der Waals surface area (Å²) in [5.41, 5.74) is 4.06. The Kier molecular flexibility index (Phi) is 5.65. The van der Waals surface area contributed by atoms with E-state index < -0.39 is 0 Å². The number of carbonyl (C=O) groups is 1. The second-order valence-corrected chi connectivity index (χ2v) is 8.94. The molecule has 2 aromatic carbocycles. The van der Waals surface area contributed by atoms with Crippen molar-refractivity contribution in [3.05, 3.63) is 77.5 Å². The Balaban J connectivity index is 1.52. The first kappa shape index (κ1) is 20.1. The van der Waals surface area contributed by atoms with Gasteiger partial charge in [0.15, 0.2) is 0 Å². The number of benzene rings is 2. The molecular formula is C27H30N2O2. The molecule has 0 bridgehead atoms. The minimum atomic E-state index is 0.0262. The SMILES string of the molecule is CN1CCC(CCc2cn(C(=O)c3ccccc3)c3ccc(C4=CCCCO4)cc23)C1. The van der Waals surface area contributed by atoms with Crippen LogP contribution in [0.5, 0.6) is 0 Å². The number of hydrogen-bond donors (Lipinski definition) is 0. The van der Waals surface area contributed by atoms with Crippen LogP contribution in [0.25, 0.3) is 16.7 Å². The molecule has 5 rings (SSSR count). The molecule has 0 aliphatic carbocycles. The molecule has 1 saturated heterocycles. The van der Waals surface area contributed by atoms with Crippen LogP contribution in [0.1, 0.15) is 47.2 Å². The lowest BCUT2D eigenvalue weighted by atomic mass is 9.97. The molecule has 0 radical (unpaired) electrons. The maximum absolute atomic E-state index is 13.3. The predicted octanol–water partition coefficient (Wildman–Crippen LogP) is 5.37. The summed E-state index contributed by atoms with van der Waals surface area (Å²) in [4.78, 5) is 15.7. The lowest BCUT2D eigenvalue weighted by molar-refractivity contribution is 0.0965. The second kappa shape index (κ2) is 8.72. The van der Waals surface area contributed by atoms with E-state index >= 15 is 0 Å². The standard InChI is InChI=1S/C27H30N2O2/c1-28-15-14-20(18-28)10-11-23-19-29(27(30)21-7-3-2-4-8-21)25-13-12-22(17-24(23)25)26-9-5-6-16-31-26/h2-4,7-9,12-13,17,19-20H,5-6,10-11,14-16,18H2,1H3. The molecule has 0 saturated carbocycles. The third kappa shape index (κ3) is 4.17. The third-order valence-electron chi connectivity index (χ3n) is 6.66. The van der Waals surface area contributed by atoms with E-state index in [2.05, 4.69) is 42.4 Å². The average molecular weight is 415 g/mol. The van der Waals surface area contributed by atoms with Gasteiger partial charge in [0.1, 0.15) is 5.76 Å². The van der Waals surface area contributed by atoms with E-state index in [0.717, 1.165) is 55.0 Å². The van der Waals surface area contributed by atoms with Gasteiger partial charge in [0.2, 0.25) is 0 Å². The zero-order valence-electron chi connectivity index (χ0n) is 18.2. The van der Waals surface area contributed by atoms with Crippen LogP contribution < -0.4 is 0 Å². The normalized spacial score (nSPS) is 19.4. The number of rotatable bonds is 5. The molecule has 4 nitrogen and oxygen atoms in total. The number of fused-ring (bicyclic) bond motifs is 1. The van der Waals surface area contributed by atoms with E-state index in [9.17, 15) is 4.79 Å². The molecule has 1 unspecified atom stereocenters. The first-order valence-corrected chi connectivity index (χ1v) is 11.4. The van der Waals surface area contributed by atoms with Crippen LogP contribution in [-0.4, -0.2) is 42.1 Å². The van der Waals surface area contributed by atoms with Crippen LogP contribution in [0.3, 0.4) is 0 Å². The van der Waals surface area contributed by atoms with Crippen LogP contribution in [-0.2, 0) is 11.2 Å². The largest absolute Gasteiger partial charge is 0.493 e. The molecule has 1 atom stereocenters. The topological polar surface area (TPSA) is 34.5 Å². The van der Waals surface area contributed by atoms with Crippen molar-refractivity contribution in [2.24, 2.45) is 5.92 Å². The summed E-state index contributed by atoms with van der Waals surface area (Å²) in [6, 6.07) is 15.9. The highest BCUT2D eigenvalue weighted by molar-refractivity contribution is 6.03. The smallest absolute Gasteiger partial charge is 0.262 e. The molecular weight excluding hydrogens is 384 g/mol. The van der Waals surface area contributed by atoms with Gasteiger partial charge in [-0.2, -0.15) is 0 Å². The Hall–Kier alpha value is -2.85. The van der Waals surface area contributed by atoms with Crippen LogP contribution in [0.4, 0.5) is 0 Å². The Morgan fingerprint density at radius 2 is 2.03 bits per heavy atom. The van der Waals surface area contributed by atoms with E-state index in [1.54, 1.807) is 0 Å². The fourth-order valence-electron chi connectivity index (χ4n) is 4.92. The molecule has 4 heteroatoms. The van der Waals surface area contributed by atoms with Gasteiger partial charge >= 0.3 is 0 Å². The Labute approximate surface area is 184 Å². The molecule has 31 heavy (non-hydrogen) atoms. The summed E-state index contributed by atoms with van der Waals surface area (Å²) >= 11 is 0. The molecule has 2 aliphatic heterocycles. The number of carbonyl (C=O) groups excluding carboxylic acids is 1. The van der Waals surface area contributed by atoms with Gasteiger partial charge in [-0.15, -0.1) is 0 Å². The van der Waals surface area contributed by atoms with E-state index in [-0.39, 0.29) is 5.91 Å². The van der Waals surface area contributed by atoms with E-state index in [1.807, 2.05) is 34.9 Å². The van der Waals surface area contributed by atoms with Crippen molar-refractivity contribution < 1.29 is 9.53 Å². The van der Waals surface area contributed by atoms with Crippen molar-refractivity contribution in [1.82, 2.24) is 9.47 Å². The number of aromatic nitrogens is 1. The third-order valence-corrected chi connectivity index (χ3v) is 6.66. The average Bonchev–Trinajstić information content (AvgIpc) is 3.41. The van der Waals surface area contributed by atoms with Gasteiger partial charge in [0, 0.05) is 29.3 Å². The zero-order chi connectivity index (χ0) is 21.2. The molecule has 3 aromatic rings. The van der Waals surface area contributed by atoms with Crippen LogP contribution in [0, 0.1) is 5.92 Å². The van der Waals surface area contributed by atoms with Crippen molar-refractivity contribution in [2.45, 2.75) is 32.1 Å². The van der Waals surface area contributed by atoms with E-state index in [1.165, 1.54) is 30.5 Å². The number of likely N-dealkylation sites (tertiary alicyclic amines) is 1. The fraction of sp³-hybridized carbons (Fsp3) is 0.370. The summed E-state index contributed by atoms with van der Waals surface area (Å²) in [6.07, 6.45) is 9.81. The summed E-state index contributed by atoms with van der Waals surface area (Å²) in [5.74, 6) is 1.73. The van der Waals surface area contributed by atoms with Gasteiger partial charge in [-0.25, -0.2) is 0 Å². The van der Waals surface area contributed by atoms with Crippen LogP contribution in [0.15, 0.2) is 60.8 Å².